The number of ether oxygens (including phenoxy) is 2. The number of methoxy groups -OCH3 is 1. The topological polar surface area (TPSA) is 76.4 Å². The average Bonchev–Trinajstić information content (AvgIpc) is 2.70. The molecule has 2 rings (SSSR count). The van der Waals surface area contributed by atoms with E-state index in [2.05, 4.69) is 4.74 Å². The number of carbonyl (C=O) groups excluding carboxylic acids is 2. The van der Waals surface area contributed by atoms with E-state index >= 15 is 0 Å². The highest BCUT2D eigenvalue weighted by atomic mass is 16.5. The van der Waals surface area contributed by atoms with Crippen LogP contribution in [0.5, 0.6) is 5.75 Å². The second-order valence-corrected chi connectivity index (χ2v) is 6.20. The highest BCUT2D eigenvalue weighted by molar-refractivity contribution is 6.04. The van der Waals surface area contributed by atoms with Crippen molar-refractivity contribution in [3.63, 3.8) is 0 Å². The molecule has 5 heteroatoms. The van der Waals surface area contributed by atoms with Crippen molar-refractivity contribution in [1.82, 2.24) is 0 Å². The van der Waals surface area contributed by atoms with Gasteiger partial charge < -0.3 is 9.47 Å². The molecule has 0 bridgehead atoms. The van der Waals surface area contributed by atoms with Crippen LogP contribution in [-0.4, -0.2) is 18.9 Å². The molecule has 0 saturated heterocycles. The number of carbonyl (C=O) groups is 2. The standard InChI is InChI=1S/C22H21NO4/c1-15(2)21(24)19(13-23)12-18-6-4-5-7-20(18)27-14-16-8-10-17(11-9-16)22(25)26-3/h4-12,15H,14H2,1-3H3. The lowest BCUT2D eigenvalue weighted by Crippen LogP contribution is -2.09. The van der Waals surface area contributed by atoms with Gasteiger partial charge >= 0.3 is 5.97 Å². The number of nitriles is 1. The van der Waals surface area contributed by atoms with Crippen LogP contribution in [0.15, 0.2) is 54.1 Å². The third-order valence-electron chi connectivity index (χ3n) is 3.90. The molecular formula is C22H21NO4. The molecule has 0 spiro atoms. The van der Waals surface area contributed by atoms with Gasteiger partial charge in [0, 0.05) is 11.5 Å². The minimum atomic E-state index is -0.392. The Morgan fingerprint density at radius 2 is 1.78 bits per heavy atom. The number of allylic oxidation sites excluding steroid dienone is 1. The van der Waals surface area contributed by atoms with Crippen LogP contribution in [0.2, 0.25) is 0 Å². The molecule has 0 N–H and O–H groups in total. The molecule has 2 aromatic rings. The Balaban J connectivity index is 2.18. The molecule has 0 aliphatic rings. The Morgan fingerprint density at radius 3 is 2.37 bits per heavy atom. The van der Waals surface area contributed by atoms with Gasteiger partial charge in [-0.1, -0.05) is 44.2 Å². The largest absolute Gasteiger partial charge is 0.488 e. The second-order valence-electron chi connectivity index (χ2n) is 6.20. The Bertz CT molecular complexity index is 889. The monoisotopic (exact) mass is 363 g/mol. The summed E-state index contributed by atoms with van der Waals surface area (Å²) in [7, 11) is 1.34. The first kappa shape index (κ1) is 19.9. The zero-order valence-electron chi connectivity index (χ0n) is 15.6. The molecule has 27 heavy (non-hydrogen) atoms. The summed E-state index contributed by atoms with van der Waals surface area (Å²) in [5.41, 5.74) is 2.10. The SMILES string of the molecule is COC(=O)c1ccc(COc2ccccc2C=C(C#N)C(=O)C(C)C)cc1. The van der Waals surface area contributed by atoms with E-state index in [0.717, 1.165) is 5.56 Å². The molecule has 5 nitrogen and oxygen atoms in total. The summed E-state index contributed by atoms with van der Waals surface area (Å²) in [6.07, 6.45) is 1.55. The number of hydrogen-bond acceptors (Lipinski definition) is 5. The van der Waals surface area contributed by atoms with Gasteiger partial charge in [0.25, 0.3) is 0 Å². The predicted octanol–water partition coefficient (Wildman–Crippen LogP) is 4.18. The Morgan fingerprint density at radius 1 is 1.11 bits per heavy atom. The van der Waals surface area contributed by atoms with E-state index in [1.165, 1.54) is 7.11 Å². The zero-order chi connectivity index (χ0) is 19.8. The fourth-order valence-corrected chi connectivity index (χ4v) is 2.37. The molecule has 0 amide bonds. The van der Waals surface area contributed by atoms with Crippen LogP contribution in [0, 0.1) is 17.2 Å². The molecule has 0 heterocycles. The predicted molar refractivity (Wildman–Crippen MR) is 102 cm³/mol. The van der Waals surface area contributed by atoms with Crippen molar-refractivity contribution in [2.24, 2.45) is 5.92 Å². The quantitative estimate of drug-likeness (QED) is 0.419. The van der Waals surface area contributed by atoms with Gasteiger partial charge in [0.05, 0.1) is 18.2 Å². The number of esters is 1. The first-order valence-corrected chi connectivity index (χ1v) is 8.51. The smallest absolute Gasteiger partial charge is 0.337 e. The molecular weight excluding hydrogens is 342 g/mol. The van der Waals surface area contributed by atoms with Gasteiger partial charge in [0.2, 0.25) is 0 Å². The highest BCUT2D eigenvalue weighted by Gasteiger charge is 2.14. The number of nitrogens with zero attached hydrogens (tertiary/aromatic N) is 1. The summed E-state index contributed by atoms with van der Waals surface area (Å²) < 4.78 is 10.5. The van der Waals surface area contributed by atoms with E-state index in [9.17, 15) is 14.9 Å². The summed E-state index contributed by atoms with van der Waals surface area (Å²) in [4.78, 5) is 23.6. The lowest BCUT2D eigenvalue weighted by Gasteiger charge is -2.10. The highest BCUT2D eigenvalue weighted by Crippen LogP contribution is 2.23. The van der Waals surface area contributed by atoms with Crippen molar-refractivity contribution >= 4 is 17.8 Å². The third kappa shape index (κ3) is 5.29. The maximum absolute atomic E-state index is 12.1. The summed E-state index contributed by atoms with van der Waals surface area (Å²) >= 11 is 0. The van der Waals surface area contributed by atoms with Gasteiger partial charge in [-0.2, -0.15) is 5.26 Å². The van der Waals surface area contributed by atoms with E-state index in [4.69, 9.17) is 4.74 Å². The third-order valence-corrected chi connectivity index (χ3v) is 3.90. The summed E-state index contributed by atoms with van der Waals surface area (Å²) in [6.45, 7) is 3.80. The van der Waals surface area contributed by atoms with Gasteiger partial charge in [0.1, 0.15) is 18.4 Å². The molecule has 0 aliphatic carbocycles. The summed E-state index contributed by atoms with van der Waals surface area (Å²) in [5, 5.41) is 9.28. The molecule has 0 unspecified atom stereocenters. The zero-order valence-corrected chi connectivity index (χ0v) is 15.6. The molecule has 138 valence electrons. The van der Waals surface area contributed by atoms with Crippen molar-refractivity contribution in [3.05, 3.63) is 70.8 Å². The second kappa shape index (κ2) is 9.35. The van der Waals surface area contributed by atoms with E-state index in [1.807, 2.05) is 18.2 Å². The van der Waals surface area contributed by atoms with Crippen LogP contribution in [0.4, 0.5) is 0 Å². The van der Waals surface area contributed by atoms with Crippen LogP contribution < -0.4 is 4.74 Å². The first-order valence-electron chi connectivity index (χ1n) is 8.51. The molecule has 0 atom stereocenters. The van der Waals surface area contributed by atoms with Crippen LogP contribution >= 0.6 is 0 Å². The van der Waals surface area contributed by atoms with Crippen molar-refractivity contribution in [2.45, 2.75) is 20.5 Å². The van der Waals surface area contributed by atoms with Crippen molar-refractivity contribution in [3.8, 4) is 11.8 Å². The van der Waals surface area contributed by atoms with Crippen LogP contribution in [-0.2, 0) is 16.1 Å². The lowest BCUT2D eigenvalue weighted by atomic mass is 9.99. The summed E-state index contributed by atoms with van der Waals surface area (Å²) in [5.74, 6) is -0.279. The Hall–Kier alpha value is -3.39. The Kier molecular flexibility index (Phi) is 6.90. The van der Waals surface area contributed by atoms with E-state index in [-0.39, 0.29) is 23.9 Å². The number of hydrogen-bond donors (Lipinski definition) is 0. The lowest BCUT2D eigenvalue weighted by molar-refractivity contribution is -0.117. The molecule has 0 saturated carbocycles. The van der Waals surface area contributed by atoms with Gasteiger partial charge in [-0.15, -0.1) is 0 Å². The van der Waals surface area contributed by atoms with Crippen molar-refractivity contribution in [1.29, 1.82) is 5.26 Å². The molecule has 2 aromatic carbocycles. The molecule has 0 aromatic heterocycles. The Labute approximate surface area is 158 Å². The van der Waals surface area contributed by atoms with Crippen LogP contribution in [0.1, 0.15) is 35.3 Å². The summed E-state index contributed by atoms with van der Waals surface area (Å²) in [6, 6.07) is 16.1. The van der Waals surface area contributed by atoms with Gasteiger partial charge in [-0.05, 0) is 29.8 Å². The first-order chi connectivity index (χ1) is 13.0. The van der Waals surface area contributed by atoms with E-state index in [0.29, 0.717) is 16.9 Å². The van der Waals surface area contributed by atoms with Gasteiger partial charge in [-0.25, -0.2) is 4.79 Å². The minimum absolute atomic E-state index is 0.100. The fourth-order valence-electron chi connectivity index (χ4n) is 2.37. The van der Waals surface area contributed by atoms with Crippen molar-refractivity contribution in [2.75, 3.05) is 7.11 Å². The van der Waals surface area contributed by atoms with Gasteiger partial charge in [-0.3, -0.25) is 4.79 Å². The number of rotatable bonds is 7. The normalized spacial score (nSPS) is 11.0. The van der Waals surface area contributed by atoms with Gasteiger partial charge in [0.15, 0.2) is 5.78 Å². The molecule has 0 fully saturated rings. The van der Waals surface area contributed by atoms with Crippen LogP contribution in [0.25, 0.3) is 6.08 Å². The van der Waals surface area contributed by atoms with Crippen LogP contribution in [0.3, 0.4) is 0 Å². The average molecular weight is 363 g/mol. The molecule has 0 aliphatic heterocycles. The number of para-hydroxylation sites is 1. The number of Topliss-reactive ketones (excluding diaryl/α,β-unsaturated/α-hetero) is 1. The minimum Gasteiger partial charge on any atom is -0.488 e. The van der Waals surface area contributed by atoms with E-state index < -0.39 is 5.97 Å². The number of benzene rings is 2. The van der Waals surface area contributed by atoms with Crippen molar-refractivity contribution < 1.29 is 19.1 Å². The maximum Gasteiger partial charge on any atom is 0.337 e. The molecule has 0 radical (unpaired) electrons. The fraction of sp³-hybridized carbons (Fsp3) is 0.227. The maximum atomic E-state index is 12.1. The number of ketones is 1. The van der Waals surface area contributed by atoms with E-state index in [1.54, 1.807) is 56.3 Å².